The van der Waals surface area contributed by atoms with E-state index in [1.165, 1.54) is 11.0 Å². The molecule has 2 amide bonds. The maximum atomic E-state index is 12.1. The minimum Gasteiger partial charge on any atom is -0.278 e. The third kappa shape index (κ3) is 3.29. The molecule has 0 aromatic heterocycles. The minimum absolute atomic E-state index is 0.0516. The fraction of sp³-hybridized carbons (Fsp3) is 0.429. The number of benzene rings is 1. The number of hydrogen-bond donors (Lipinski definition) is 0. The van der Waals surface area contributed by atoms with Crippen LogP contribution in [-0.2, 0) is 16.1 Å². The van der Waals surface area contributed by atoms with E-state index in [0.29, 0.717) is 22.9 Å². The third-order valence-electron chi connectivity index (χ3n) is 3.45. The molecule has 2 rings (SSSR count). The van der Waals surface area contributed by atoms with Crippen LogP contribution in [0.1, 0.15) is 32.3 Å². The molecule has 0 atom stereocenters. The van der Waals surface area contributed by atoms with Crippen LogP contribution >= 0.6 is 15.9 Å². The molecule has 1 aromatic rings. The summed E-state index contributed by atoms with van der Waals surface area (Å²) in [5, 5.41) is 10.9. The van der Waals surface area contributed by atoms with Gasteiger partial charge < -0.3 is 0 Å². The standard InChI is InChI=1S/C14H15BrN2O4/c1-14(2)6-11(18)16(12(19)7-14)8-9-4-3-5-10(13(9)15)17(20)21/h3-5H,6-8H2,1-2H3. The molecule has 0 aliphatic carbocycles. The molecule has 0 saturated carbocycles. The molecule has 0 bridgehead atoms. The lowest BCUT2D eigenvalue weighted by atomic mass is 9.81. The first-order valence-corrected chi connectivity index (χ1v) is 7.25. The first-order valence-electron chi connectivity index (χ1n) is 6.46. The first-order chi connectivity index (χ1) is 9.71. The molecule has 1 aliphatic rings. The molecule has 0 radical (unpaired) electrons. The van der Waals surface area contributed by atoms with E-state index < -0.39 is 4.92 Å². The van der Waals surface area contributed by atoms with Gasteiger partial charge in [-0.05, 0) is 26.9 Å². The highest BCUT2D eigenvalue weighted by molar-refractivity contribution is 9.10. The van der Waals surface area contributed by atoms with E-state index >= 15 is 0 Å². The van der Waals surface area contributed by atoms with Crippen LogP contribution in [-0.4, -0.2) is 21.6 Å². The number of nitrogens with zero attached hydrogens (tertiary/aromatic N) is 2. The van der Waals surface area contributed by atoms with Crippen molar-refractivity contribution in [2.24, 2.45) is 5.41 Å². The van der Waals surface area contributed by atoms with Crippen molar-refractivity contribution in [2.75, 3.05) is 0 Å². The molecule has 1 saturated heterocycles. The van der Waals surface area contributed by atoms with Crippen LogP contribution in [0.25, 0.3) is 0 Å². The van der Waals surface area contributed by atoms with Gasteiger partial charge in [0.1, 0.15) is 4.47 Å². The summed E-state index contributed by atoms with van der Waals surface area (Å²) in [6.07, 6.45) is 0.594. The highest BCUT2D eigenvalue weighted by Gasteiger charge is 2.37. The van der Waals surface area contributed by atoms with Gasteiger partial charge >= 0.3 is 0 Å². The summed E-state index contributed by atoms with van der Waals surface area (Å²) in [6.45, 7) is 3.81. The fourth-order valence-electron chi connectivity index (χ4n) is 2.39. The molecule has 1 heterocycles. The number of halogens is 1. The Balaban J connectivity index is 2.27. The lowest BCUT2D eigenvalue weighted by Crippen LogP contribution is -2.45. The Morgan fingerprint density at radius 3 is 2.38 bits per heavy atom. The molecule has 112 valence electrons. The third-order valence-corrected chi connectivity index (χ3v) is 4.36. The van der Waals surface area contributed by atoms with Gasteiger partial charge in [-0.15, -0.1) is 0 Å². The average Bonchev–Trinajstić information content (AvgIpc) is 2.34. The van der Waals surface area contributed by atoms with Crippen LogP contribution in [0, 0.1) is 15.5 Å². The molecule has 7 heteroatoms. The molecule has 21 heavy (non-hydrogen) atoms. The lowest BCUT2D eigenvalue weighted by Gasteiger charge is -2.34. The monoisotopic (exact) mass is 354 g/mol. The summed E-state index contributed by atoms with van der Waals surface area (Å²) in [5.74, 6) is -0.482. The van der Waals surface area contributed by atoms with Crippen LogP contribution < -0.4 is 0 Å². The summed E-state index contributed by atoms with van der Waals surface area (Å²) >= 11 is 3.18. The van der Waals surface area contributed by atoms with Gasteiger partial charge in [-0.2, -0.15) is 0 Å². The van der Waals surface area contributed by atoms with Crippen molar-refractivity contribution in [3.8, 4) is 0 Å². The second kappa shape index (κ2) is 5.55. The van der Waals surface area contributed by atoms with Crippen LogP contribution in [0.15, 0.2) is 22.7 Å². The average molecular weight is 355 g/mol. The number of nitro benzene ring substituents is 1. The number of likely N-dealkylation sites (tertiary alicyclic amines) is 1. The quantitative estimate of drug-likeness (QED) is 0.474. The van der Waals surface area contributed by atoms with Crippen molar-refractivity contribution in [3.63, 3.8) is 0 Å². The van der Waals surface area contributed by atoms with Crippen molar-refractivity contribution in [1.29, 1.82) is 0 Å². The molecule has 1 aromatic carbocycles. The van der Waals surface area contributed by atoms with Gasteiger partial charge in [0.15, 0.2) is 0 Å². The highest BCUT2D eigenvalue weighted by Crippen LogP contribution is 2.34. The van der Waals surface area contributed by atoms with Crippen LogP contribution in [0.4, 0.5) is 5.69 Å². The molecule has 0 N–H and O–H groups in total. The zero-order chi connectivity index (χ0) is 15.8. The normalized spacial score (nSPS) is 18.0. The summed E-state index contributed by atoms with van der Waals surface area (Å²) < 4.78 is 0.306. The molecule has 1 fully saturated rings. The Bertz CT molecular complexity index is 607. The highest BCUT2D eigenvalue weighted by atomic mass is 79.9. The van der Waals surface area contributed by atoms with Gasteiger partial charge in [-0.1, -0.05) is 26.0 Å². The predicted octanol–water partition coefficient (Wildman–Crippen LogP) is 3.03. The van der Waals surface area contributed by atoms with Gasteiger partial charge in [-0.25, -0.2) is 0 Å². The van der Waals surface area contributed by atoms with E-state index in [9.17, 15) is 19.7 Å². The zero-order valence-electron chi connectivity index (χ0n) is 11.8. The number of carbonyl (C=O) groups is 2. The van der Waals surface area contributed by atoms with Crippen LogP contribution in [0.2, 0.25) is 0 Å². The Morgan fingerprint density at radius 1 is 1.29 bits per heavy atom. The number of amides is 2. The number of hydrogen-bond acceptors (Lipinski definition) is 4. The van der Waals surface area contributed by atoms with Crippen molar-refractivity contribution in [2.45, 2.75) is 33.2 Å². The molecule has 0 unspecified atom stereocenters. The number of rotatable bonds is 3. The van der Waals surface area contributed by atoms with E-state index in [0.717, 1.165) is 0 Å². The summed E-state index contributed by atoms with van der Waals surface area (Å²) in [6, 6.07) is 4.58. The Hall–Kier alpha value is -1.76. The minimum atomic E-state index is -0.503. The van der Waals surface area contributed by atoms with E-state index in [-0.39, 0.29) is 29.5 Å². The van der Waals surface area contributed by atoms with E-state index in [1.54, 1.807) is 12.1 Å². The molecule has 0 spiro atoms. The Labute approximate surface area is 130 Å². The smallest absolute Gasteiger partial charge is 0.278 e. The summed E-state index contributed by atoms with van der Waals surface area (Å²) in [7, 11) is 0. The number of imide groups is 1. The van der Waals surface area contributed by atoms with Gasteiger partial charge in [0.25, 0.3) is 5.69 Å². The molecular weight excluding hydrogens is 340 g/mol. The Morgan fingerprint density at radius 2 is 1.86 bits per heavy atom. The van der Waals surface area contributed by atoms with Crippen molar-refractivity contribution < 1.29 is 14.5 Å². The largest absolute Gasteiger partial charge is 0.283 e. The Kier molecular flexibility index (Phi) is 4.13. The molecular formula is C14H15BrN2O4. The van der Waals surface area contributed by atoms with Gasteiger partial charge in [0.2, 0.25) is 11.8 Å². The van der Waals surface area contributed by atoms with Crippen LogP contribution in [0.5, 0.6) is 0 Å². The second-order valence-electron chi connectivity index (χ2n) is 5.90. The van der Waals surface area contributed by atoms with E-state index in [4.69, 9.17) is 0 Å². The number of piperidine rings is 1. The molecule has 6 nitrogen and oxygen atoms in total. The van der Waals surface area contributed by atoms with Crippen molar-refractivity contribution >= 4 is 33.4 Å². The number of carbonyl (C=O) groups excluding carboxylic acids is 2. The maximum Gasteiger partial charge on any atom is 0.283 e. The van der Waals surface area contributed by atoms with E-state index in [1.807, 2.05) is 13.8 Å². The SMILES string of the molecule is CC1(C)CC(=O)N(Cc2cccc([N+](=O)[O-])c2Br)C(=O)C1. The summed E-state index contributed by atoms with van der Waals surface area (Å²) in [4.78, 5) is 35.8. The van der Waals surface area contributed by atoms with E-state index in [2.05, 4.69) is 15.9 Å². The predicted molar refractivity (Wildman–Crippen MR) is 79.4 cm³/mol. The molecule has 1 aliphatic heterocycles. The zero-order valence-corrected chi connectivity index (χ0v) is 13.3. The maximum absolute atomic E-state index is 12.1. The van der Waals surface area contributed by atoms with Crippen molar-refractivity contribution in [3.05, 3.63) is 38.3 Å². The topological polar surface area (TPSA) is 80.5 Å². The number of nitro groups is 1. The van der Waals surface area contributed by atoms with Gasteiger partial charge in [-0.3, -0.25) is 24.6 Å². The van der Waals surface area contributed by atoms with Gasteiger partial charge in [0.05, 0.1) is 11.5 Å². The second-order valence-corrected chi connectivity index (χ2v) is 6.69. The van der Waals surface area contributed by atoms with Crippen LogP contribution in [0.3, 0.4) is 0 Å². The van der Waals surface area contributed by atoms with Crippen molar-refractivity contribution in [1.82, 2.24) is 4.90 Å². The summed E-state index contributed by atoms with van der Waals surface area (Å²) in [5.41, 5.74) is 0.139. The fourth-order valence-corrected chi connectivity index (χ4v) is 2.92. The van der Waals surface area contributed by atoms with Gasteiger partial charge in [0, 0.05) is 18.9 Å². The first kappa shape index (κ1) is 15.6. The lowest BCUT2D eigenvalue weighted by molar-refractivity contribution is -0.385.